The smallest absolute Gasteiger partial charge is 0.290 e. The molecule has 0 aromatic heterocycles. The first-order valence-electron chi connectivity index (χ1n) is 4.56. The predicted octanol–water partition coefficient (Wildman–Crippen LogP) is 0.214. The average Bonchev–Trinajstić information content (AvgIpc) is 2.43. The molecule has 1 heterocycles. The van der Waals surface area contributed by atoms with Crippen LogP contribution in [-0.4, -0.2) is 43.4 Å². The highest BCUT2D eigenvalue weighted by Crippen LogP contribution is 2.07. The summed E-state index contributed by atoms with van der Waals surface area (Å²) >= 11 is 0. The van der Waals surface area contributed by atoms with Crippen LogP contribution < -0.4 is 0 Å². The van der Waals surface area contributed by atoms with E-state index in [2.05, 4.69) is 0 Å². The number of ketones is 1. The number of methoxy groups -OCH3 is 1. The van der Waals surface area contributed by atoms with Gasteiger partial charge in [-0.25, -0.2) is 0 Å². The molecule has 0 N–H and O–H groups in total. The van der Waals surface area contributed by atoms with Gasteiger partial charge in [-0.05, 0) is 12.8 Å². The molecule has 0 aliphatic carbocycles. The van der Waals surface area contributed by atoms with E-state index < -0.39 is 0 Å². The van der Waals surface area contributed by atoms with E-state index in [4.69, 9.17) is 4.74 Å². The number of carbonyl (C=O) groups excluding carboxylic acids is 2. The van der Waals surface area contributed by atoms with Crippen molar-refractivity contribution in [2.24, 2.45) is 0 Å². The third-order valence-electron chi connectivity index (χ3n) is 2.16. The number of carbonyl (C=O) groups is 2. The van der Waals surface area contributed by atoms with Crippen LogP contribution in [0.3, 0.4) is 0 Å². The van der Waals surface area contributed by atoms with Gasteiger partial charge in [0.15, 0.2) is 0 Å². The SMILES string of the molecule is COCCCCN1CCC(=O)C1=O. The van der Waals surface area contributed by atoms with Crippen LogP contribution >= 0.6 is 0 Å². The van der Waals surface area contributed by atoms with Gasteiger partial charge in [0, 0.05) is 33.2 Å². The first-order chi connectivity index (χ1) is 6.25. The topological polar surface area (TPSA) is 46.6 Å². The molecule has 74 valence electrons. The van der Waals surface area contributed by atoms with Crippen molar-refractivity contribution in [1.82, 2.24) is 4.90 Å². The molecular weight excluding hydrogens is 170 g/mol. The minimum atomic E-state index is -0.308. The van der Waals surface area contributed by atoms with Gasteiger partial charge in [0.25, 0.3) is 5.91 Å². The molecule has 0 aromatic carbocycles. The summed E-state index contributed by atoms with van der Waals surface area (Å²) in [6.45, 7) is 2.01. The van der Waals surface area contributed by atoms with Gasteiger partial charge >= 0.3 is 0 Å². The minimum Gasteiger partial charge on any atom is -0.385 e. The monoisotopic (exact) mass is 185 g/mol. The lowest BCUT2D eigenvalue weighted by atomic mass is 10.3. The van der Waals surface area contributed by atoms with E-state index in [0.717, 1.165) is 19.4 Å². The number of ether oxygens (including phenoxy) is 1. The van der Waals surface area contributed by atoms with Crippen molar-refractivity contribution in [3.8, 4) is 0 Å². The van der Waals surface area contributed by atoms with E-state index in [-0.39, 0.29) is 11.7 Å². The summed E-state index contributed by atoms with van der Waals surface area (Å²) < 4.78 is 4.88. The molecule has 1 fully saturated rings. The Morgan fingerprint density at radius 3 is 2.69 bits per heavy atom. The van der Waals surface area contributed by atoms with Crippen LogP contribution in [0.5, 0.6) is 0 Å². The fourth-order valence-electron chi connectivity index (χ4n) is 1.38. The normalized spacial score (nSPS) is 17.2. The molecule has 0 saturated carbocycles. The Bertz CT molecular complexity index is 203. The summed E-state index contributed by atoms with van der Waals surface area (Å²) in [5, 5.41) is 0. The van der Waals surface area contributed by atoms with Gasteiger partial charge in [-0.2, -0.15) is 0 Å². The number of unbranched alkanes of at least 4 members (excludes halogenated alkanes) is 1. The molecular formula is C9H15NO3. The summed E-state index contributed by atoms with van der Waals surface area (Å²) in [6.07, 6.45) is 2.24. The van der Waals surface area contributed by atoms with Crippen molar-refractivity contribution in [3.63, 3.8) is 0 Å². The maximum absolute atomic E-state index is 11.1. The molecule has 1 aliphatic rings. The average molecular weight is 185 g/mol. The van der Waals surface area contributed by atoms with E-state index in [9.17, 15) is 9.59 Å². The summed E-state index contributed by atoms with van der Waals surface area (Å²) in [4.78, 5) is 23.6. The number of amides is 1. The van der Waals surface area contributed by atoms with Gasteiger partial charge < -0.3 is 9.64 Å². The fourth-order valence-corrected chi connectivity index (χ4v) is 1.38. The Kier molecular flexibility index (Phi) is 3.89. The maximum Gasteiger partial charge on any atom is 0.290 e. The van der Waals surface area contributed by atoms with Crippen molar-refractivity contribution in [2.75, 3.05) is 26.8 Å². The third-order valence-corrected chi connectivity index (χ3v) is 2.16. The summed E-state index contributed by atoms with van der Waals surface area (Å²) in [5.74, 6) is -0.552. The van der Waals surface area contributed by atoms with Gasteiger partial charge in [0.05, 0.1) is 0 Å². The number of nitrogens with zero attached hydrogens (tertiary/aromatic N) is 1. The lowest BCUT2D eigenvalue weighted by Crippen LogP contribution is -2.28. The van der Waals surface area contributed by atoms with Gasteiger partial charge in [-0.15, -0.1) is 0 Å². The predicted molar refractivity (Wildman–Crippen MR) is 47.3 cm³/mol. The van der Waals surface area contributed by atoms with Gasteiger partial charge in [0.1, 0.15) is 0 Å². The summed E-state index contributed by atoms with van der Waals surface area (Å²) in [5.41, 5.74) is 0. The second kappa shape index (κ2) is 4.97. The van der Waals surface area contributed by atoms with Crippen molar-refractivity contribution in [3.05, 3.63) is 0 Å². The van der Waals surface area contributed by atoms with Crippen molar-refractivity contribution >= 4 is 11.7 Å². The van der Waals surface area contributed by atoms with Crippen LogP contribution in [0.25, 0.3) is 0 Å². The van der Waals surface area contributed by atoms with Crippen LogP contribution in [-0.2, 0) is 14.3 Å². The van der Waals surface area contributed by atoms with E-state index in [1.165, 1.54) is 0 Å². The third kappa shape index (κ3) is 2.81. The Hall–Kier alpha value is -0.900. The second-order valence-electron chi connectivity index (χ2n) is 3.17. The zero-order valence-electron chi connectivity index (χ0n) is 7.91. The van der Waals surface area contributed by atoms with Crippen molar-refractivity contribution in [1.29, 1.82) is 0 Å². The van der Waals surface area contributed by atoms with Crippen LogP contribution in [0.4, 0.5) is 0 Å². The number of likely N-dealkylation sites (tertiary alicyclic amines) is 1. The van der Waals surface area contributed by atoms with Gasteiger partial charge in [-0.3, -0.25) is 9.59 Å². The quantitative estimate of drug-likeness (QED) is 0.454. The molecule has 4 nitrogen and oxygen atoms in total. The van der Waals surface area contributed by atoms with Gasteiger partial charge in [-0.1, -0.05) is 0 Å². The standard InChI is InChI=1S/C9H15NO3/c1-13-7-3-2-5-10-6-4-8(11)9(10)12/h2-7H2,1H3. The molecule has 1 aliphatic heterocycles. The van der Waals surface area contributed by atoms with Crippen LogP contribution in [0.15, 0.2) is 0 Å². The molecule has 0 radical (unpaired) electrons. The molecule has 1 amide bonds. The number of rotatable bonds is 5. The molecule has 0 atom stereocenters. The molecule has 1 rings (SSSR count). The Morgan fingerprint density at radius 2 is 2.15 bits per heavy atom. The highest BCUT2D eigenvalue weighted by molar-refractivity contribution is 6.37. The number of hydrogen-bond donors (Lipinski definition) is 0. The Labute approximate surface area is 77.8 Å². The lowest BCUT2D eigenvalue weighted by Gasteiger charge is -2.13. The van der Waals surface area contributed by atoms with Crippen LogP contribution in [0.2, 0.25) is 0 Å². The minimum absolute atomic E-state index is 0.244. The Balaban J connectivity index is 2.15. The molecule has 1 saturated heterocycles. The van der Waals surface area contributed by atoms with Crippen molar-refractivity contribution < 1.29 is 14.3 Å². The molecule has 0 spiro atoms. The molecule has 0 bridgehead atoms. The highest BCUT2D eigenvalue weighted by Gasteiger charge is 2.28. The van der Waals surface area contributed by atoms with Gasteiger partial charge in [0.2, 0.25) is 5.78 Å². The van der Waals surface area contributed by atoms with E-state index >= 15 is 0 Å². The zero-order valence-corrected chi connectivity index (χ0v) is 7.91. The molecule has 4 heteroatoms. The maximum atomic E-state index is 11.1. The van der Waals surface area contributed by atoms with E-state index in [1.54, 1.807) is 12.0 Å². The number of hydrogen-bond acceptors (Lipinski definition) is 3. The van der Waals surface area contributed by atoms with Crippen molar-refractivity contribution in [2.45, 2.75) is 19.3 Å². The molecule has 0 aromatic rings. The first-order valence-corrected chi connectivity index (χ1v) is 4.56. The lowest BCUT2D eigenvalue weighted by molar-refractivity contribution is -0.140. The van der Waals surface area contributed by atoms with E-state index in [0.29, 0.717) is 19.5 Å². The largest absolute Gasteiger partial charge is 0.385 e. The fraction of sp³-hybridized carbons (Fsp3) is 0.778. The van der Waals surface area contributed by atoms with Crippen LogP contribution in [0.1, 0.15) is 19.3 Å². The van der Waals surface area contributed by atoms with E-state index in [1.807, 2.05) is 0 Å². The summed E-state index contributed by atoms with van der Waals surface area (Å²) in [6, 6.07) is 0. The summed E-state index contributed by atoms with van der Waals surface area (Å²) in [7, 11) is 1.66. The Morgan fingerprint density at radius 1 is 1.38 bits per heavy atom. The second-order valence-corrected chi connectivity index (χ2v) is 3.17. The zero-order chi connectivity index (χ0) is 9.68. The number of Topliss-reactive ketones (excluding diaryl/α,β-unsaturated/α-hetero) is 1. The molecule has 13 heavy (non-hydrogen) atoms. The van der Waals surface area contributed by atoms with Crippen LogP contribution in [0, 0.1) is 0 Å². The highest BCUT2D eigenvalue weighted by atomic mass is 16.5. The molecule has 0 unspecified atom stereocenters. The first kappa shape index (κ1) is 10.2.